The van der Waals surface area contributed by atoms with Crippen LogP contribution in [0.15, 0.2) is 0 Å². The first kappa shape index (κ1) is 81.9. The lowest BCUT2D eigenvalue weighted by molar-refractivity contribution is -0.307. The molecule has 36 nitrogen and oxygen atoms in total. The third-order valence-electron chi connectivity index (χ3n) is 20.6. The van der Waals surface area contributed by atoms with Crippen LogP contribution in [0.1, 0.15) is 92.4 Å². The van der Waals surface area contributed by atoms with Gasteiger partial charge in [0, 0.05) is 54.9 Å². The van der Waals surface area contributed by atoms with Crippen LogP contribution in [0, 0.1) is 0 Å². The van der Waals surface area contributed by atoms with Crippen LogP contribution < -0.4 is 84.3 Å². The third-order valence-corrected chi connectivity index (χ3v) is 20.6. The number of ether oxygens (including phenoxy) is 12. The zero-order valence-electron chi connectivity index (χ0n) is 57.2. The summed E-state index contributed by atoms with van der Waals surface area (Å²) in [6.45, 7) is 8.70. The van der Waals surface area contributed by atoms with Crippen molar-refractivity contribution in [2.75, 3.05) is 54.6 Å². The molecule has 9 fully saturated rings. The Morgan fingerprint density at radius 2 is 0.667 bits per heavy atom. The molecule has 0 aromatic rings. The van der Waals surface area contributed by atoms with Crippen molar-refractivity contribution in [1.82, 2.24) is 21.3 Å². The maximum absolute atomic E-state index is 11.1. The molecule has 0 aromatic carbocycles. The smallest absolute Gasteiger partial charge is 0.185 e. The molecule has 0 bridgehead atoms. The van der Waals surface area contributed by atoms with Crippen LogP contribution in [-0.4, -0.2) is 331 Å². The summed E-state index contributed by atoms with van der Waals surface area (Å²) in [6.07, 6.45) is -13.3. The second-order valence-electron chi connectivity index (χ2n) is 28.8. The van der Waals surface area contributed by atoms with Gasteiger partial charge in [-0.05, 0) is 121 Å². The molecule has 564 valence electrons. The average molecular weight is 1390 g/mol. The number of nitrogens with two attached hydrogens (primary N) is 11. The van der Waals surface area contributed by atoms with Crippen molar-refractivity contribution in [3.63, 3.8) is 0 Å². The van der Waals surface area contributed by atoms with E-state index in [-0.39, 0.29) is 68.3 Å². The largest absolute Gasteiger partial charge is 0.388 e. The second-order valence-corrected chi connectivity index (χ2v) is 28.8. The quantitative estimate of drug-likeness (QED) is 0.0571. The molecule has 38 atom stereocenters. The number of nitrogens with one attached hydrogen (secondary N) is 4. The number of hydrogen-bond acceptors (Lipinski definition) is 36. The zero-order chi connectivity index (χ0) is 71.2. The Hall–Kier alpha value is -1.44. The van der Waals surface area contributed by atoms with Crippen LogP contribution >= 0.6 is 0 Å². The number of likely N-dealkylation sites (N-methyl/N-ethyl adjacent to an activating group) is 4. The average Bonchev–Trinajstić information content (AvgIpc) is 0.804. The minimum atomic E-state index is -1.29. The fourth-order valence-corrected chi connectivity index (χ4v) is 14.6. The molecular formula is C60H123N15O21. The molecule has 0 amide bonds. The summed E-state index contributed by atoms with van der Waals surface area (Å²) in [6, 6.07) is -6.84. The molecule has 36 heteroatoms. The highest BCUT2D eigenvalue weighted by molar-refractivity contribution is 5.06. The maximum Gasteiger partial charge on any atom is 0.185 e. The zero-order valence-corrected chi connectivity index (χ0v) is 57.2. The van der Waals surface area contributed by atoms with Gasteiger partial charge in [-0.25, -0.2) is 0 Å². The number of hydrogen-bond donors (Lipinski definition) is 24. The van der Waals surface area contributed by atoms with Gasteiger partial charge in [0.1, 0.15) is 90.1 Å². The van der Waals surface area contributed by atoms with Gasteiger partial charge in [0.25, 0.3) is 0 Å². The van der Waals surface area contributed by atoms with Gasteiger partial charge < -0.3 is 187 Å². The first-order valence-electron chi connectivity index (χ1n) is 34.0. The van der Waals surface area contributed by atoms with E-state index >= 15 is 0 Å². The molecule has 3 saturated carbocycles. The summed E-state index contributed by atoms with van der Waals surface area (Å²) in [5.41, 5.74) is 63.8. The van der Waals surface area contributed by atoms with E-state index in [9.17, 15) is 46.0 Å². The summed E-state index contributed by atoms with van der Waals surface area (Å²) < 4.78 is 70.4. The van der Waals surface area contributed by atoms with Gasteiger partial charge in [0.2, 0.25) is 0 Å². The monoisotopic (exact) mass is 1390 g/mol. The second kappa shape index (κ2) is 35.4. The van der Waals surface area contributed by atoms with Crippen LogP contribution in [0.2, 0.25) is 0 Å². The Labute approximate surface area is 563 Å². The summed E-state index contributed by atoms with van der Waals surface area (Å²) in [7, 11) is 6.74. The lowest BCUT2D eigenvalue weighted by Crippen LogP contribution is -2.68. The topological polar surface area (TPSA) is 627 Å². The highest BCUT2D eigenvalue weighted by Crippen LogP contribution is 2.36. The van der Waals surface area contributed by atoms with Gasteiger partial charge in [-0.2, -0.15) is 0 Å². The van der Waals surface area contributed by atoms with E-state index in [1.807, 2.05) is 20.9 Å². The lowest BCUT2D eigenvalue weighted by atomic mass is 9.84. The van der Waals surface area contributed by atoms with Crippen molar-refractivity contribution >= 4 is 0 Å². The van der Waals surface area contributed by atoms with Crippen LogP contribution in [0.25, 0.3) is 0 Å². The molecule has 0 aromatic heterocycles. The first-order chi connectivity index (χ1) is 45.0. The highest BCUT2D eigenvalue weighted by Gasteiger charge is 2.55. The van der Waals surface area contributed by atoms with Crippen molar-refractivity contribution in [2.45, 2.75) is 323 Å². The minimum absolute atomic E-state index is 0.0620. The molecule has 6 heterocycles. The summed E-state index contributed by atoms with van der Waals surface area (Å²) in [4.78, 5) is 0. The van der Waals surface area contributed by atoms with Crippen molar-refractivity contribution in [3.8, 4) is 0 Å². The van der Waals surface area contributed by atoms with E-state index in [4.69, 9.17) is 120 Å². The van der Waals surface area contributed by atoms with Gasteiger partial charge in [-0.1, -0.05) is 0 Å². The SMILES string of the molecule is CNC(C)C1CCC(N)C(OC2C(N)CC(N)C(OC3OCC(C)(O)C(NC)C3O)C2O)O1.CNC1C(O)C(OC2C(N)CC(N)C(OC3OC(C(C)N)CCC3N)C2O)OCC1(C)O.CNC1C(O)C(OC2C(N)CC(N)C(OC3OC(CN)CCC3N)C2O)OCC1(C)O. The van der Waals surface area contributed by atoms with E-state index < -0.39 is 182 Å². The van der Waals surface area contributed by atoms with Crippen molar-refractivity contribution in [1.29, 1.82) is 0 Å². The Balaban J connectivity index is 0.000000203. The molecule has 0 spiro atoms. The van der Waals surface area contributed by atoms with Crippen LogP contribution in [0.3, 0.4) is 0 Å². The maximum atomic E-state index is 11.1. The standard InChI is InChI=1S/C21H43N5O7.C20H41N5O7.C19H39N5O7/c1-9(25-3)13-6-5-10(22)19(31-13)32-16-11(23)7-12(24)17(14(16)27)33-20-15(28)18(26-4)21(2,29)8-30-20;1-8(21)12-5-4-9(22)18(30-12)31-15-10(23)6-11(24)16(13(15)26)32-19-14(27)17(25-3)20(2,28)7-29-19;1-19(27)7-28-18(13(26)16(19)24-2)31-15-11(23)5-10(22)14(12(15)25)30-17-9(21)4-3-8(6-20)29-17/h9-20,25-29H,5-8,22-24H2,1-4H3;8-19,25-28H,4-7,21-24H2,1-3H3;8-18,24-27H,3-7,20-23H2,1-2H3. The van der Waals surface area contributed by atoms with Crippen LogP contribution in [-0.2, 0) is 56.8 Å². The van der Waals surface area contributed by atoms with Gasteiger partial charge in [0.15, 0.2) is 37.7 Å². The van der Waals surface area contributed by atoms with E-state index in [1.165, 1.54) is 0 Å². The van der Waals surface area contributed by atoms with Crippen molar-refractivity contribution in [3.05, 3.63) is 0 Å². The molecule has 96 heavy (non-hydrogen) atoms. The summed E-state index contributed by atoms with van der Waals surface area (Å²) >= 11 is 0. The normalized spacial score (nSPS) is 51.0. The molecule has 6 saturated heterocycles. The molecule has 9 aliphatic rings. The Morgan fingerprint density at radius 1 is 0.396 bits per heavy atom. The lowest BCUT2D eigenvalue weighted by Gasteiger charge is -2.48. The van der Waals surface area contributed by atoms with Crippen molar-refractivity contribution < 1.29 is 103 Å². The number of rotatable bonds is 19. The summed E-state index contributed by atoms with van der Waals surface area (Å²) in [5.74, 6) is 0. The highest BCUT2D eigenvalue weighted by atomic mass is 16.7. The van der Waals surface area contributed by atoms with Crippen molar-refractivity contribution in [2.24, 2.45) is 63.1 Å². The Morgan fingerprint density at radius 3 is 0.948 bits per heavy atom. The minimum Gasteiger partial charge on any atom is -0.388 e. The Bertz CT molecular complexity index is 2320. The molecule has 9 rings (SSSR count). The first-order valence-corrected chi connectivity index (χ1v) is 34.0. The van der Waals surface area contributed by atoms with E-state index in [0.717, 1.165) is 19.3 Å². The molecule has 6 aliphatic heterocycles. The number of aliphatic hydroxyl groups excluding tert-OH is 6. The fourth-order valence-electron chi connectivity index (χ4n) is 14.6. The van der Waals surface area contributed by atoms with Gasteiger partial charge in [-0.3, -0.25) is 0 Å². The van der Waals surface area contributed by atoms with Gasteiger partial charge in [-0.15, -0.1) is 0 Å². The molecule has 0 radical (unpaired) electrons. The number of aliphatic hydroxyl groups is 9. The molecular weight excluding hydrogens is 1270 g/mol. The predicted octanol–water partition coefficient (Wildman–Crippen LogP) is -10.9. The Kier molecular flexibility index (Phi) is 30.1. The van der Waals surface area contributed by atoms with E-state index in [0.29, 0.717) is 45.1 Å². The van der Waals surface area contributed by atoms with E-state index in [2.05, 4.69) is 21.3 Å². The van der Waals surface area contributed by atoms with Crippen LogP contribution in [0.5, 0.6) is 0 Å². The predicted molar refractivity (Wildman–Crippen MR) is 345 cm³/mol. The van der Waals surface area contributed by atoms with Crippen LogP contribution in [0.4, 0.5) is 0 Å². The summed E-state index contributed by atoms with van der Waals surface area (Å²) in [5, 5.41) is 108. The molecule has 38 unspecified atom stereocenters. The fraction of sp³-hybridized carbons (Fsp3) is 1.00. The molecule has 3 aliphatic carbocycles. The third kappa shape index (κ3) is 19.5. The van der Waals surface area contributed by atoms with Gasteiger partial charge in [0.05, 0.1) is 74.4 Å². The van der Waals surface area contributed by atoms with Gasteiger partial charge >= 0.3 is 0 Å². The van der Waals surface area contributed by atoms with E-state index in [1.54, 1.807) is 41.9 Å². The molecule has 35 N–H and O–H groups in total.